The second-order valence-electron chi connectivity index (χ2n) is 2.83. The monoisotopic (exact) mass is 162 g/mol. The van der Waals surface area contributed by atoms with Crippen LogP contribution in [-0.4, -0.2) is 5.78 Å². The highest BCUT2D eigenvalue weighted by Crippen LogP contribution is 2.00. The summed E-state index contributed by atoms with van der Waals surface area (Å²) in [6.45, 7) is 0. The van der Waals surface area contributed by atoms with E-state index in [-0.39, 0.29) is 5.78 Å². The van der Waals surface area contributed by atoms with Crippen molar-refractivity contribution in [3.63, 3.8) is 0 Å². The van der Waals surface area contributed by atoms with Gasteiger partial charge in [-0.3, -0.25) is 4.79 Å². The minimum Gasteiger partial charge on any atom is -0.290 e. The molecule has 0 N–H and O–H groups in total. The van der Waals surface area contributed by atoms with Gasteiger partial charge in [-0.25, -0.2) is 0 Å². The van der Waals surface area contributed by atoms with Crippen LogP contribution in [0, 0.1) is 0 Å². The van der Waals surface area contributed by atoms with Gasteiger partial charge in [-0.2, -0.15) is 0 Å². The second-order valence-corrected chi connectivity index (χ2v) is 2.83. The molecule has 0 atom stereocenters. The van der Waals surface area contributed by atoms with Crippen molar-refractivity contribution in [3.05, 3.63) is 36.5 Å². The first kappa shape index (κ1) is 8.98. The quantitative estimate of drug-likeness (QED) is 0.500. The van der Waals surface area contributed by atoms with Gasteiger partial charge in [0, 0.05) is 0 Å². The van der Waals surface area contributed by atoms with Crippen LogP contribution in [0.3, 0.4) is 0 Å². The van der Waals surface area contributed by atoms with Gasteiger partial charge in [-0.1, -0.05) is 24.3 Å². The minimum atomic E-state index is 0.108. The zero-order chi connectivity index (χ0) is 8.65. The fraction of sp³-hybridized carbons (Fsp3) is 0.364. The summed E-state index contributed by atoms with van der Waals surface area (Å²) in [5, 5.41) is 0. The first-order valence-corrected chi connectivity index (χ1v) is 4.41. The predicted molar refractivity (Wildman–Crippen MR) is 50.9 cm³/mol. The van der Waals surface area contributed by atoms with Crippen LogP contribution in [0.2, 0.25) is 0 Å². The fourth-order valence-corrected chi connectivity index (χ4v) is 1.08. The van der Waals surface area contributed by atoms with E-state index < -0.39 is 0 Å². The van der Waals surface area contributed by atoms with E-state index in [9.17, 15) is 4.79 Å². The molecule has 64 valence electrons. The summed E-state index contributed by atoms with van der Waals surface area (Å²) in [6.07, 6.45) is 15.5. The number of rotatable bonds is 0. The van der Waals surface area contributed by atoms with E-state index in [1.54, 1.807) is 12.2 Å². The van der Waals surface area contributed by atoms with E-state index in [0.717, 1.165) is 25.7 Å². The highest BCUT2D eigenvalue weighted by atomic mass is 16.1. The van der Waals surface area contributed by atoms with Crippen molar-refractivity contribution in [2.24, 2.45) is 0 Å². The van der Waals surface area contributed by atoms with Crippen LogP contribution < -0.4 is 0 Å². The van der Waals surface area contributed by atoms with Crippen molar-refractivity contribution in [1.82, 2.24) is 0 Å². The van der Waals surface area contributed by atoms with Crippen LogP contribution in [0.4, 0.5) is 0 Å². The lowest BCUT2D eigenvalue weighted by Crippen LogP contribution is -1.83. The molecule has 0 amide bonds. The summed E-state index contributed by atoms with van der Waals surface area (Å²) in [4.78, 5) is 11.0. The Morgan fingerprint density at radius 3 is 1.67 bits per heavy atom. The Hall–Kier alpha value is -1.11. The lowest BCUT2D eigenvalue weighted by molar-refractivity contribution is -0.110. The highest BCUT2D eigenvalue weighted by molar-refractivity contribution is 5.99. The molecule has 0 spiro atoms. The maximum Gasteiger partial charge on any atom is 0.177 e. The van der Waals surface area contributed by atoms with E-state index in [0.29, 0.717) is 0 Å². The molecular formula is C11H14O. The van der Waals surface area contributed by atoms with Crippen molar-refractivity contribution in [2.75, 3.05) is 0 Å². The van der Waals surface area contributed by atoms with Crippen molar-refractivity contribution < 1.29 is 4.79 Å². The van der Waals surface area contributed by atoms with Crippen LogP contribution in [0.1, 0.15) is 25.7 Å². The molecule has 0 heterocycles. The maximum atomic E-state index is 11.0. The van der Waals surface area contributed by atoms with Crippen LogP contribution in [0.15, 0.2) is 36.5 Å². The van der Waals surface area contributed by atoms with Gasteiger partial charge in [0.15, 0.2) is 5.78 Å². The van der Waals surface area contributed by atoms with Crippen molar-refractivity contribution in [1.29, 1.82) is 0 Å². The molecule has 1 aliphatic carbocycles. The summed E-state index contributed by atoms with van der Waals surface area (Å²) in [5.74, 6) is 0.108. The molecule has 0 aromatic heterocycles. The molecule has 1 nitrogen and oxygen atoms in total. The Balaban J connectivity index is 2.51. The molecule has 0 radical (unpaired) electrons. The Bertz CT molecular complexity index is 199. The lowest BCUT2D eigenvalue weighted by atomic mass is 10.2. The third kappa shape index (κ3) is 3.91. The van der Waals surface area contributed by atoms with E-state index in [1.165, 1.54) is 0 Å². The van der Waals surface area contributed by atoms with Gasteiger partial charge in [0.05, 0.1) is 0 Å². The standard InChI is InChI=1S/C11H14O/c12-11-9-7-5-3-1-2-4-6-8-10-11/h1-2,7-10H,3-6H2/b2-1-,9-7-,10-8-. The smallest absolute Gasteiger partial charge is 0.177 e. The average Bonchev–Trinajstić information content (AvgIpc) is 2.11. The average molecular weight is 162 g/mol. The van der Waals surface area contributed by atoms with E-state index in [4.69, 9.17) is 0 Å². The molecule has 0 unspecified atom stereocenters. The van der Waals surface area contributed by atoms with Crippen LogP contribution in [0.25, 0.3) is 0 Å². The zero-order valence-corrected chi connectivity index (χ0v) is 7.20. The number of hydrogen-bond acceptors (Lipinski definition) is 1. The van der Waals surface area contributed by atoms with Gasteiger partial charge in [-0.15, -0.1) is 0 Å². The van der Waals surface area contributed by atoms with E-state index in [2.05, 4.69) is 12.2 Å². The van der Waals surface area contributed by atoms with Gasteiger partial charge in [0.25, 0.3) is 0 Å². The molecule has 1 rings (SSSR count). The fourth-order valence-electron chi connectivity index (χ4n) is 1.08. The third-order valence-corrected chi connectivity index (χ3v) is 1.73. The Morgan fingerprint density at radius 1 is 0.750 bits per heavy atom. The normalized spacial score (nSPS) is 27.2. The van der Waals surface area contributed by atoms with E-state index in [1.807, 2.05) is 12.2 Å². The van der Waals surface area contributed by atoms with Gasteiger partial charge in [-0.05, 0) is 37.8 Å². The molecule has 1 heteroatoms. The number of ketones is 1. The summed E-state index contributed by atoms with van der Waals surface area (Å²) in [5.41, 5.74) is 0. The van der Waals surface area contributed by atoms with Crippen LogP contribution >= 0.6 is 0 Å². The number of carbonyl (C=O) groups excluding carboxylic acids is 1. The number of allylic oxidation sites excluding steroid dienone is 6. The third-order valence-electron chi connectivity index (χ3n) is 1.73. The largest absolute Gasteiger partial charge is 0.290 e. The molecule has 0 aromatic carbocycles. The summed E-state index contributed by atoms with van der Waals surface area (Å²) >= 11 is 0. The Labute approximate surface area is 73.5 Å². The molecule has 0 saturated carbocycles. The first-order valence-electron chi connectivity index (χ1n) is 4.41. The van der Waals surface area contributed by atoms with Gasteiger partial charge >= 0.3 is 0 Å². The van der Waals surface area contributed by atoms with Crippen LogP contribution in [0.5, 0.6) is 0 Å². The van der Waals surface area contributed by atoms with Crippen molar-refractivity contribution in [3.8, 4) is 0 Å². The summed E-state index contributed by atoms with van der Waals surface area (Å²) in [7, 11) is 0. The number of carbonyl (C=O) groups is 1. The summed E-state index contributed by atoms with van der Waals surface area (Å²) < 4.78 is 0. The van der Waals surface area contributed by atoms with Gasteiger partial charge in [0.2, 0.25) is 0 Å². The lowest BCUT2D eigenvalue weighted by Gasteiger charge is -1.85. The molecule has 0 aromatic rings. The first-order chi connectivity index (χ1) is 5.89. The van der Waals surface area contributed by atoms with Crippen molar-refractivity contribution in [2.45, 2.75) is 25.7 Å². The minimum absolute atomic E-state index is 0.108. The van der Waals surface area contributed by atoms with Gasteiger partial charge < -0.3 is 0 Å². The van der Waals surface area contributed by atoms with Gasteiger partial charge in [0.1, 0.15) is 0 Å². The molecular weight excluding hydrogens is 148 g/mol. The molecule has 12 heavy (non-hydrogen) atoms. The number of hydrogen-bond donors (Lipinski definition) is 0. The molecule has 0 aliphatic heterocycles. The molecule has 0 saturated heterocycles. The topological polar surface area (TPSA) is 17.1 Å². The van der Waals surface area contributed by atoms with Crippen molar-refractivity contribution >= 4 is 5.78 Å². The SMILES string of the molecule is O=C1/C=C\CC/C=C\CC/C=C\1. The second kappa shape index (κ2) is 5.53. The summed E-state index contributed by atoms with van der Waals surface area (Å²) in [6, 6.07) is 0. The van der Waals surface area contributed by atoms with Crippen LogP contribution in [-0.2, 0) is 4.79 Å². The maximum absolute atomic E-state index is 11.0. The molecule has 0 bridgehead atoms. The molecule has 1 aliphatic rings. The van der Waals surface area contributed by atoms with E-state index >= 15 is 0 Å². The Kier molecular flexibility index (Phi) is 4.14. The highest BCUT2D eigenvalue weighted by Gasteiger charge is 1.88. The Morgan fingerprint density at radius 2 is 1.17 bits per heavy atom. The predicted octanol–water partition coefficient (Wildman–Crippen LogP) is 2.80. The molecule has 0 fully saturated rings. The zero-order valence-electron chi connectivity index (χ0n) is 7.20.